The molecule has 0 unspecified atom stereocenters. The highest BCUT2D eigenvalue weighted by molar-refractivity contribution is 6.02. The fraction of sp³-hybridized carbons (Fsp3) is 0. The zero-order valence-corrected chi connectivity index (χ0v) is 10.7. The monoisotopic (exact) mass is 260 g/mol. The van der Waals surface area contributed by atoms with E-state index in [1.54, 1.807) is 36.7 Å². The lowest BCUT2D eigenvalue weighted by Gasteiger charge is -2.11. The van der Waals surface area contributed by atoms with Crippen LogP contribution in [0.2, 0.25) is 0 Å². The highest BCUT2D eigenvalue weighted by Gasteiger charge is 2.12. The van der Waals surface area contributed by atoms with Gasteiger partial charge in [-0.3, -0.25) is 14.8 Å². The van der Waals surface area contributed by atoms with E-state index in [9.17, 15) is 4.79 Å². The Balaban J connectivity index is 2.20. The quantitative estimate of drug-likeness (QED) is 0.833. The molecule has 0 saturated carbocycles. The summed E-state index contributed by atoms with van der Waals surface area (Å²) >= 11 is 0. The second-order valence-corrected chi connectivity index (χ2v) is 4.33. The van der Waals surface area contributed by atoms with Crippen LogP contribution in [0.15, 0.2) is 78.7 Å². The fourth-order valence-corrected chi connectivity index (χ4v) is 2.07. The molecule has 0 radical (unpaired) electrons. The second-order valence-electron chi connectivity index (χ2n) is 4.33. The van der Waals surface area contributed by atoms with Crippen molar-refractivity contribution in [3.8, 4) is 0 Å². The molecule has 0 bridgehead atoms. The number of carbonyl (C=O) groups is 1. The number of hydrogen-bond acceptors (Lipinski definition) is 3. The van der Waals surface area contributed by atoms with Gasteiger partial charge in [-0.15, -0.1) is 0 Å². The molecule has 3 rings (SSSR count). The van der Waals surface area contributed by atoms with Crippen LogP contribution in [0.3, 0.4) is 0 Å². The van der Waals surface area contributed by atoms with E-state index in [-0.39, 0.29) is 5.78 Å². The molecule has 0 atom stereocenters. The van der Waals surface area contributed by atoms with Crippen LogP contribution in [0.4, 0.5) is 0 Å². The zero-order valence-electron chi connectivity index (χ0n) is 10.7. The Labute approximate surface area is 117 Å². The summed E-state index contributed by atoms with van der Waals surface area (Å²) in [5, 5.41) is 0. The van der Waals surface area contributed by atoms with Crippen molar-refractivity contribution in [3.63, 3.8) is 0 Å². The Morgan fingerprint density at radius 2 is 1.30 bits per heavy atom. The van der Waals surface area contributed by atoms with Gasteiger partial charge in [0.25, 0.3) is 0 Å². The number of hydrogen-bond donors (Lipinski definition) is 0. The van der Waals surface area contributed by atoms with Gasteiger partial charge >= 0.3 is 0 Å². The van der Waals surface area contributed by atoms with Gasteiger partial charge in [0.05, 0.1) is 11.4 Å². The summed E-state index contributed by atoms with van der Waals surface area (Å²) in [6, 6.07) is 11.5. The molecule has 2 aromatic heterocycles. The molecule has 1 aliphatic carbocycles. The van der Waals surface area contributed by atoms with Crippen molar-refractivity contribution in [2.45, 2.75) is 0 Å². The normalized spacial score (nSPS) is 13.6. The van der Waals surface area contributed by atoms with Gasteiger partial charge in [-0.05, 0) is 42.0 Å². The van der Waals surface area contributed by atoms with Crippen molar-refractivity contribution in [1.29, 1.82) is 0 Å². The van der Waals surface area contributed by atoms with Crippen LogP contribution in [-0.4, -0.2) is 15.8 Å². The van der Waals surface area contributed by atoms with Crippen LogP contribution in [0.25, 0.3) is 5.57 Å². The van der Waals surface area contributed by atoms with Crippen molar-refractivity contribution in [2.75, 3.05) is 0 Å². The molecule has 0 amide bonds. The molecular weight excluding hydrogens is 248 g/mol. The number of allylic oxidation sites excluding steroid dienone is 5. The van der Waals surface area contributed by atoms with Gasteiger partial charge in [0, 0.05) is 18.0 Å². The number of aromatic nitrogens is 2. The number of carbonyl (C=O) groups excluding carboxylic acids is 1. The third-order valence-electron chi connectivity index (χ3n) is 2.99. The Bertz CT molecular complexity index is 654. The summed E-state index contributed by atoms with van der Waals surface area (Å²) < 4.78 is 0. The van der Waals surface area contributed by atoms with Gasteiger partial charge in [0.2, 0.25) is 0 Å². The molecule has 1 aliphatic rings. The highest BCUT2D eigenvalue weighted by Crippen LogP contribution is 2.26. The maximum absolute atomic E-state index is 11.3. The number of ketones is 1. The van der Waals surface area contributed by atoms with E-state index in [2.05, 4.69) is 9.97 Å². The van der Waals surface area contributed by atoms with E-state index in [1.165, 1.54) is 0 Å². The first-order chi connectivity index (χ1) is 9.84. The van der Waals surface area contributed by atoms with Crippen molar-refractivity contribution in [3.05, 3.63) is 90.1 Å². The summed E-state index contributed by atoms with van der Waals surface area (Å²) in [4.78, 5) is 20.1. The summed E-state index contributed by atoms with van der Waals surface area (Å²) in [6.07, 6.45) is 10.2. The first kappa shape index (κ1) is 12.2. The second kappa shape index (κ2) is 5.45. The Morgan fingerprint density at radius 1 is 0.750 bits per heavy atom. The van der Waals surface area contributed by atoms with E-state index in [0.29, 0.717) is 0 Å². The number of rotatable bonds is 2. The van der Waals surface area contributed by atoms with E-state index < -0.39 is 0 Å². The van der Waals surface area contributed by atoms with E-state index in [4.69, 9.17) is 0 Å². The van der Waals surface area contributed by atoms with Crippen molar-refractivity contribution in [2.24, 2.45) is 0 Å². The van der Waals surface area contributed by atoms with Gasteiger partial charge in [-0.1, -0.05) is 24.3 Å². The molecule has 0 aromatic carbocycles. The molecule has 2 aromatic rings. The van der Waals surface area contributed by atoms with Crippen molar-refractivity contribution in [1.82, 2.24) is 9.97 Å². The third kappa shape index (κ3) is 2.47. The van der Waals surface area contributed by atoms with Crippen LogP contribution >= 0.6 is 0 Å². The molecule has 0 fully saturated rings. The molecule has 0 saturated heterocycles. The highest BCUT2D eigenvalue weighted by atomic mass is 16.1. The maximum atomic E-state index is 11.3. The lowest BCUT2D eigenvalue weighted by molar-refractivity contribution is -0.110. The molecule has 0 aliphatic heterocycles. The van der Waals surface area contributed by atoms with Gasteiger partial charge < -0.3 is 0 Å². The van der Waals surface area contributed by atoms with E-state index >= 15 is 0 Å². The minimum atomic E-state index is -0.00450. The van der Waals surface area contributed by atoms with Crippen LogP contribution in [0, 0.1) is 0 Å². The summed E-state index contributed by atoms with van der Waals surface area (Å²) in [7, 11) is 0. The van der Waals surface area contributed by atoms with Gasteiger partial charge in [-0.25, -0.2) is 0 Å². The van der Waals surface area contributed by atoms with Crippen LogP contribution < -0.4 is 0 Å². The molecule has 0 spiro atoms. The largest absolute Gasteiger partial charge is 0.290 e. The van der Waals surface area contributed by atoms with Crippen LogP contribution in [-0.2, 0) is 4.79 Å². The Kier molecular flexibility index (Phi) is 3.33. The Morgan fingerprint density at radius 3 is 1.75 bits per heavy atom. The van der Waals surface area contributed by atoms with Crippen molar-refractivity contribution >= 4 is 11.4 Å². The maximum Gasteiger partial charge on any atom is 0.178 e. The molecule has 0 N–H and O–H groups in total. The van der Waals surface area contributed by atoms with Gasteiger partial charge in [-0.2, -0.15) is 0 Å². The number of nitrogens with zero attached hydrogens (tertiary/aromatic N) is 2. The molecular formula is C17H12N2O. The lowest BCUT2D eigenvalue weighted by Crippen LogP contribution is -2.00. The fourth-order valence-electron chi connectivity index (χ4n) is 2.07. The summed E-state index contributed by atoms with van der Waals surface area (Å²) in [6.45, 7) is 0. The van der Waals surface area contributed by atoms with Gasteiger partial charge in [0.1, 0.15) is 0 Å². The molecule has 3 heteroatoms. The van der Waals surface area contributed by atoms with E-state index in [0.717, 1.165) is 22.5 Å². The molecule has 3 nitrogen and oxygen atoms in total. The van der Waals surface area contributed by atoms with Gasteiger partial charge in [0.15, 0.2) is 5.78 Å². The minimum Gasteiger partial charge on any atom is -0.290 e. The first-order valence-electron chi connectivity index (χ1n) is 6.32. The standard InChI is InChI=1S/C17H12N2O/c20-14-9-7-13(8-10-14)17(15-5-1-3-11-18-15)16-6-2-4-12-19-16/h1-12H. The molecule has 2 heterocycles. The average Bonchev–Trinajstić information content (AvgIpc) is 2.52. The Hall–Kier alpha value is -2.81. The topological polar surface area (TPSA) is 42.9 Å². The number of pyridine rings is 2. The van der Waals surface area contributed by atoms with Crippen LogP contribution in [0.1, 0.15) is 11.4 Å². The zero-order chi connectivity index (χ0) is 13.8. The summed E-state index contributed by atoms with van der Waals surface area (Å²) in [5.41, 5.74) is 3.53. The first-order valence-corrected chi connectivity index (χ1v) is 6.32. The predicted molar refractivity (Wildman–Crippen MR) is 77.8 cm³/mol. The summed E-state index contributed by atoms with van der Waals surface area (Å²) in [5.74, 6) is -0.00450. The SMILES string of the molecule is O=C1C=CC(=C(c2ccccn2)c2ccccn2)C=C1. The third-order valence-corrected chi connectivity index (χ3v) is 2.99. The van der Waals surface area contributed by atoms with Crippen molar-refractivity contribution < 1.29 is 4.79 Å². The molecule has 20 heavy (non-hydrogen) atoms. The smallest absolute Gasteiger partial charge is 0.178 e. The van der Waals surface area contributed by atoms with E-state index in [1.807, 2.05) is 36.4 Å². The molecule has 96 valence electrons. The minimum absolute atomic E-state index is 0.00450. The lowest BCUT2D eigenvalue weighted by atomic mass is 9.97. The van der Waals surface area contributed by atoms with Crippen LogP contribution in [0.5, 0.6) is 0 Å². The average molecular weight is 260 g/mol. The predicted octanol–water partition coefficient (Wildman–Crippen LogP) is 2.97.